The van der Waals surface area contributed by atoms with Gasteiger partial charge in [-0.05, 0) is 36.8 Å². The predicted molar refractivity (Wildman–Crippen MR) is 80.9 cm³/mol. The average molecular weight is 259 g/mol. The van der Waals surface area contributed by atoms with Gasteiger partial charge >= 0.3 is 0 Å². The van der Waals surface area contributed by atoms with E-state index in [0.717, 1.165) is 27.7 Å². The second-order valence-electron chi connectivity index (χ2n) is 4.69. The van der Waals surface area contributed by atoms with Crippen molar-refractivity contribution in [3.8, 4) is 6.07 Å². The lowest BCUT2D eigenvalue weighted by molar-refractivity contribution is 1.36. The lowest BCUT2D eigenvalue weighted by atomic mass is 10.1. The minimum absolute atomic E-state index is 0.649. The molecule has 1 aromatic heterocycles. The zero-order valence-electron chi connectivity index (χ0n) is 11.1. The number of fused-ring (bicyclic) bond motifs is 1. The Hall–Kier alpha value is -2.86. The fourth-order valence-electron chi connectivity index (χ4n) is 2.24. The molecule has 0 fully saturated rings. The summed E-state index contributed by atoms with van der Waals surface area (Å²) in [6.07, 6.45) is 3.61. The summed E-state index contributed by atoms with van der Waals surface area (Å²) in [4.78, 5) is 4.13. The number of nitriles is 1. The van der Waals surface area contributed by atoms with Crippen LogP contribution in [0.5, 0.6) is 0 Å². The number of nitrogens with one attached hydrogen (secondary N) is 1. The maximum atomic E-state index is 9.23. The number of rotatable bonds is 2. The fraction of sp³-hybridized carbons (Fsp3) is 0.0588. The van der Waals surface area contributed by atoms with Crippen molar-refractivity contribution in [1.82, 2.24) is 4.98 Å². The number of hydrogen-bond acceptors (Lipinski definition) is 3. The molecule has 0 aliphatic carbocycles. The van der Waals surface area contributed by atoms with Crippen molar-refractivity contribution in [3.05, 3.63) is 66.0 Å². The van der Waals surface area contributed by atoms with E-state index in [2.05, 4.69) is 16.4 Å². The van der Waals surface area contributed by atoms with Crippen molar-refractivity contribution < 1.29 is 0 Å². The van der Waals surface area contributed by atoms with Crippen LogP contribution in [0.1, 0.15) is 11.1 Å². The van der Waals surface area contributed by atoms with Gasteiger partial charge in [-0.3, -0.25) is 4.98 Å². The van der Waals surface area contributed by atoms with Crippen molar-refractivity contribution in [2.75, 3.05) is 5.32 Å². The highest BCUT2D eigenvalue weighted by Gasteiger charge is 2.05. The van der Waals surface area contributed by atoms with Crippen molar-refractivity contribution in [2.24, 2.45) is 0 Å². The Morgan fingerprint density at radius 1 is 1.10 bits per heavy atom. The third-order valence-corrected chi connectivity index (χ3v) is 3.25. The SMILES string of the molecule is Cc1ccc(Nc2cccc3cnccc23)c(C#N)c1. The minimum atomic E-state index is 0.649. The van der Waals surface area contributed by atoms with Crippen LogP contribution >= 0.6 is 0 Å². The number of aryl methyl sites for hydroxylation is 1. The van der Waals surface area contributed by atoms with Crippen LogP contribution in [0, 0.1) is 18.3 Å². The van der Waals surface area contributed by atoms with E-state index < -0.39 is 0 Å². The third kappa shape index (κ3) is 2.19. The molecule has 0 aliphatic heterocycles. The second-order valence-corrected chi connectivity index (χ2v) is 4.69. The second kappa shape index (κ2) is 5.02. The monoisotopic (exact) mass is 259 g/mol. The maximum absolute atomic E-state index is 9.23. The molecule has 1 heterocycles. The molecule has 96 valence electrons. The molecule has 0 bridgehead atoms. The lowest BCUT2D eigenvalue weighted by Gasteiger charge is -2.11. The molecule has 0 atom stereocenters. The maximum Gasteiger partial charge on any atom is 0.101 e. The van der Waals surface area contributed by atoms with Crippen molar-refractivity contribution in [3.63, 3.8) is 0 Å². The first kappa shape index (κ1) is 12.2. The van der Waals surface area contributed by atoms with Crippen LogP contribution in [0.2, 0.25) is 0 Å². The number of benzene rings is 2. The highest BCUT2D eigenvalue weighted by Crippen LogP contribution is 2.27. The van der Waals surface area contributed by atoms with Gasteiger partial charge in [0.05, 0.1) is 11.3 Å². The molecule has 3 heteroatoms. The summed E-state index contributed by atoms with van der Waals surface area (Å²) in [7, 11) is 0. The Balaban J connectivity index is 2.08. The number of anilines is 2. The normalized spacial score (nSPS) is 10.2. The quantitative estimate of drug-likeness (QED) is 0.751. The van der Waals surface area contributed by atoms with Gasteiger partial charge in [0.15, 0.2) is 0 Å². The van der Waals surface area contributed by atoms with E-state index in [4.69, 9.17) is 0 Å². The van der Waals surface area contributed by atoms with Crippen LogP contribution in [0.3, 0.4) is 0 Å². The van der Waals surface area contributed by atoms with Crippen molar-refractivity contribution in [1.29, 1.82) is 5.26 Å². The standard InChI is InChI=1S/C17H13N3/c1-12-5-6-16(14(9-12)10-18)20-17-4-2-3-13-11-19-8-7-15(13)17/h2-9,11,20H,1H3. The molecule has 2 aromatic carbocycles. The van der Waals surface area contributed by atoms with E-state index in [1.165, 1.54) is 0 Å². The van der Waals surface area contributed by atoms with Gasteiger partial charge in [-0.25, -0.2) is 0 Å². The first-order valence-electron chi connectivity index (χ1n) is 6.38. The predicted octanol–water partition coefficient (Wildman–Crippen LogP) is 4.16. The highest BCUT2D eigenvalue weighted by molar-refractivity contribution is 5.95. The Morgan fingerprint density at radius 2 is 2.00 bits per heavy atom. The molecule has 0 unspecified atom stereocenters. The van der Waals surface area contributed by atoms with Gasteiger partial charge in [0.2, 0.25) is 0 Å². The summed E-state index contributed by atoms with van der Waals surface area (Å²) in [5.74, 6) is 0. The van der Waals surface area contributed by atoms with Crippen LogP contribution in [-0.4, -0.2) is 4.98 Å². The van der Waals surface area contributed by atoms with Crippen LogP contribution in [-0.2, 0) is 0 Å². The van der Waals surface area contributed by atoms with Crippen LogP contribution < -0.4 is 5.32 Å². The van der Waals surface area contributed by atoms with Crippen molar-refractivity contribution >= 4 is 22.1 Å². The van der Waals surface area contributed by atoms with E-state index in [1.807, 2.05) is 55.6 Å². The Labute approximate surface area is 117 Å². The molecular weight excluding hydrogens is 246 g/mol. The van der Waals surface area contributed by atoms with Crippen molar-refractivity contribution in [2.45, 2.75) is 6.92 Å². The van der Waals surface area contributed by atoms with E-state index in [1.54, 1.807) is 6.20 Å². The van der Waals surface area contributed by atoms with Gasteiger partial charge in [-0.15, -0.1) is 0 Å². The third-order valence-electron chi connectivity index (χ3n) is 3.25. The van der Waals surface area contributed by atoms with E-state index >= 15 is 0 Å². The highest BCUT2D eigenvalue weighted by atomic mass is 14.9. The fourth-order valence-corrected chi connectivity index (χ4v) is 2.24. The first-order chi connectivity index (χ1) is 9.78. The molecule has 3 nitrogen and oxygen atoms in total. The minimum Gasteiger partial charge on any atom is -0.354 e. The largest absolute Gasteiger partial charge is 0.354 e. The molecular formula is C17H13N3. The van der Waals surface area contributed by atoms with Gasteiger partial charge in [0.1, 0.15) is 6.07 Å². The van der Waals surface area contributed by atoms with Gasteiger partial charge in [0.25, 0.3) is 0 Å². The average Bonchev–Trinajstić information content (AvgIpc) is 2.49. The first-order valence-corrected chi connectivity index (χ1v) is 6.38. The Bertz CT molecular complexity index is 811. The van der Waals surface area contributed by atoms with Gasteiger partial charge in [0, 0.05) is 28.9 Å². The molecule has 3 aromatic rings. The molecule has 3 rings (SSSR count). The van der Waals surface area contributed by atoms with E-state index in [9.17, 15) is 5.26 Å². The van der Waals surface area contributed by atoms with E-state index in [-0.39, 0.29) is 0 Å². The van der Waals surface area contributed by atoms with Crippen LogP contribution in [0.4, 0.5) is 11.4 Å². The van der Waals surface area contributed by atoms with Crippen LogP contribution in [0.25, 0.3) is 10.8 Å². The van der Waals surface area contributed by atoms with Gasteiger partial charge in [-0.1, -0.05) is 18.2 Å². The number of nitrogens with zero attached hydrogens (tertiary/aromatic N) is 2. The Kier molecular flexibility index (Phi) is 3.06. The summed E-state index contributed by atoms with van der Waals surface area (Å²) in [6, 6.07) is 16.0. The molecule has 0 spiro atoms. The Morgan fingerprint density at radius 3 is 2.85 bits per heavy atom. The van der Waals surface area contributed by atoms with Gasteiger partial charge < -0.3 is 5.32 Å². The summed E-state index contributed by atoms with van der Waals surface area (Å²) in [5.41, 5.74) is 3.53. The summed E-state index contributed by atoms with van der Waals surface area (Å²) >= 11 is 0. The summed E-state index contributed by atoms with van der Waals surface area (Å²) in [5, 5.41) is 14.7. The number of pyridine rings is 1. The molecule has 0 saturated heterocycles. The smallest absolute Gasteiger partial charge is 0.101 e. The van der Waals surface area contributed by atoms with Gasteiger partial charge in [-0.2, -0.15) is 5.26 Å². The molecule has 1 N–H and O–H groups in total. The molecule has 0 aliphatic rings. The van der Waals surface area contributed by atoms with Crippen LogP contribution in [0.15, 0.2) is 54.9 Å². The molecule has 20 heavy (non-hydrogen) atoms. The molecule has 0 saturated carbocycles. The molecule has 0 radical (unpaired) electrons. The number of hydrogen-bond donors (Lipinski definition) is 1. The topological polar surface area (TPSA) is 48.7 Å². The zero-order valence-corrected chi connectivity index (χ0v) is 11.1. The number of aromatic nitrogens is 1. The molecule has 0 amide bonds. The summed E-state index contributed by atoms with van der Waals surface area (Å²) in [6.45, 7) is 1.98. The lowest BCUT2D eigenvalue weighted by Crippen LogP contribution is -1.95. The zero-order chi connectivity index (χ0) is 13.9. The summed E-state index contributed by atoms with van der Waals surface area (Å²) < 4.78 is 0. The van der Waals surface area contributed by atoms with E-state index in [0.29, 0.717) is 5.56 Å².